The number of nitrogens with zero attached hydrogens (tertiary/aromatic N) is 2. The second-order valence-electron chi connectivity index (χ2n) is 6.67. The lowest BCUT2D eigenvalue weighted by atomic mass is 10.2. The zero-order valence-electron chi connectivity index (χ0n) is 16.0. The molecule has 158 valence electrons. The first-order chi connectivity index (χ1) is 14.2. The average molecular weight is 487 g/mol. The highest BCUT2D eigenvalue weighted by Gasteiger charge is 2.21. The van der Waals surface area contributed by atoms with Crippen molar-refractivity contribution in [2.45, 2.75) is 36.9 Å². The number of carbonyl (C=O) groups excluding carboxylic acids is 1. The zero-order valence-corrected chi connectivity index (χ0v) is 19.1. The maximum atomic E-state index is 12.9. The second-order valence-corrected chi connectivity index (χ2v) is 9.20. The van der Waals surface area contributed by atoms with Crippen LogP contribution in [0.5, 0.6) is 0 Å². The lowest BCUT2D eigenvalue weighted by Crippen LogP contribution is -2.29. The molecule has 0 saturated carbocycles. The lowest BCUT2D eigenvalue weighted by Gasteiger charge is -2.17. The van der Waals surface area contributed by atoms with Crippen molar-refractivity contribution in [3.63, 3.8) is 0 Å². The third-order valence-corrected chi connectivity index (χ3v) is 6.33. The Morgan fingerprint density at radius 2 is 1.97 bits per heavy atom. The molecule has 0 aliphatic heterocycles. The van der Waals surface area contributed by atoms with E-state index in [-0.39, 0.29) is 23.0 Å². The predicted octanol–water partition coefficient (Wildman–Crippen LogP) is 4.86. The van der Waals surface area contributed by atoms with Gasteiger partial charge in [-0.25, -0.2) is 4.98 Å². The van der Waals surface area contributed by atoms with E-state index in [0.717, 1.165) is 11.8 Å². The summed E-state index contributed by atoms with van der Waals surface area (Å²) in [4.78, 5) is 30.2. The third-order valence-electron chi connectivity index (χ3n) is 4.19. The number of aromatic nitrogens is 2. The molecule has 6 nitrogen and oxygen atoms in total. The van der Waals surface area contributed by atoms with Gasteiger partial charge in [0.1, 0.15) is 0 Å². The summed E-state index contributed by atoms with van der Waals surface area (Å²) in [6.07, 6.45) is -0.775. The largest absolute Gasteiger partial charge is 0.392 e. The number of fused-ring (bicyclic) bond motifs is 1. The minimum atomic E-state index is -0.775. The summed E-state index contributed by atoms with van der Waals surface area (Å²) in [5.41, 5.74) is 0.495. The van der Waals surface area contributed by atoms with Gasteiger partial charge in [-0.3, -0.25) is 14.2 Å². The first-order valence-corrected chi connectivity index (χ1v) is 11.0. The van der Waals surface area contributed by atoms with Crippen molar-refractivity contribution in [3.05, 3.63) is 61.8 Å². The number of hydrogen-bond donors (Lipinski definition) is 2. The molecule has 0 saturated heterocycles. The Labute approximate surface area is 192 Å². The summed E-state index contributed by atoms with van der Waals surface area (Å²) in [7, 11) is 0. The number of thioether (sulfide) groups is 1. The van der Waals surface area contributed by atoms with Crippen LogP contribution in [-0.4, -0.2) is 31.9 Å². The van der Waals surface area contributed by atoms with Crippen LogP contribution in [0.1, 0.15) is 13.8 Å². The van der Waals surface area contributed by atoms with Crippen LogP contribution in [0, 0.1) is 0 Å². The van der Waals surface area contributed by atoms with Gasteiger partial charge in [-0.2, -0.15) is 0 Å². The summed E-state index contributed by atoms with van der Waals surface area (Å²) in [5.74, 6) is -0.340. The van der Waals surface area contributed by atoms with Crippen LogP contribution in [-0.2, 0) is 11.3 Å². The first-order valence-electron chi connectivity index (χ1n) is 8.97. The van der Waals surface area contributed by atoms with E-state index < -0.39 is 11.4 Å². The molecule has 10 heteroatoms. The fourth-order valence-electron chi connectivity index (χ4n) is 2.74. The fraction of sp³-hybridized carbons (Fsp3) is 0.250. The topological polar surface area (TPSA) is 84.2 Å². The zero-order chi connectivity index (χ0) is 22.0. The summed E-state index contributed by atoms with van der Waals surface area (Å²) < 4.78 is 1.36. The van der Waals surface area contributed by atoms with E-state index >= 15 is 0 Å². The number of anilines is 1. The molecule has 0 aliphatic rings. The molecule has 3 aromatic rings. The number of nitrogens with one attached hydrogen (secondary N) is 1. The van der Waals surface area contributed by atoms with Gasteiger partial charge in [0, 0.05) is 5.02 Å². The molecule has 0 radical (unpaired) electrons. The van der Waals surface area contributed by atoms with E-state index in [1.807, 2.05) is 0 Å². The molecule has 0 unspecified atom stereocenters. The molecule has 3 rings (SSSR count). The van der Waals surface area contributed by atoms with Gasteiger partial charge >= 0.3 is 0 Å². The second kappa shape index (κ2) is 9.58. The minimum absolute atomic E-state index is 0.0429. The van der Waals surface area contributed by atoms with E-state index in [1.54, 1.807) is 50.2 Å². The Morgan fingerprint density at radius 1 is 1.23 bits per heavy atom. The number of rotatable bonds is 6. The van der Waals surface area contributed by atoms with E-state index in [1.165, 1.54) is 4.57 Å². The summed E-state index contributed by atoms with van der Waals surface area (Å²) in [5, 5.41) is 13.6. The van der Waals surface area contributed by atoms with Gasteiger partial charge in [0.15, 0.2) is 5.16 Å². The number of benzene rings is 2. The Morgan fingerprint density at radius 3 is 2.67 bits per heavy atom. The molecular weight excluding hydrogens is 469 g/mol. The number of hydrogen-bond acceptors (Lipinski definition) is 5. The van der Waals surface area contributed by atoms with E-state index in [9.17, 15) is 14.7 Å². The highest BCUT2D eigenvalue weighted by molar-refractivity contribution is 8.00. The fourth-order valence-corrected chi connectivity index (χ4v) is 4.17. The van der Waals surface area contributed by atoms with E-state index in [0.29, 0.717) is 31.8 Å². The van der Waals surface area contributed by atoms with Gasteiger partial charge < -0.3 is 10.4 Å². The molecule has 0 spiro atoms. The summed E-state index contributed by atoms with van der Waals surface area (Å²) >= 11 is 19.3. The molecule has 1 amide bonds. The molecule has 30 heavy (non-hydrogen) atoms. The van der Waals surface area contributed by atoms with Crippen molar-refractivity contribution in [1.29, 1.82) is 0 Å². The van der Waals surface area contributed by atoms with Crippen molar-refractivity contribution in [1.82, 2.24) is 9.55 Å². The Kier molecular flexibility index (Phi) is 7.31. The number of carbonyl (C=O) groups is 1. The van der Waals surface area contributed by atoms with Gasteiger partial charge in [-0.1, -0.05) is 52.6 Å². The third kappa shape index (κ3) is 5.10. The van der Waals surface area contributed by atoms with Gasteiger partial charge in [0.25, 0.3) is 5.56 Å². The normalized spacial score (nSPS) is 13.3. The van der Waals surface area contributed by atoms with Gasteiger partial charge in [-0.15, -0.1) is 0 Å². The number of aliphatic hydroxyl groups is 1. The molecule has 2 atom stereocenters. The van der Waals surface area contributed by atoms with Gasteiger partial charge in [0.2, 0.25) is 5.91 Å². The maximum absolute atomic E-state index is 12.9. The van der Waals surface area contributed by atoms with Crippen molar-refractivity contribution in [2.75, 3.05) is 5.32 Å². The van der Waals surface area contributed by atoms with Gasteiger partial charge in [0.05, 0.1) is 44.5 Å². The molecule has 0 fully saturated rings. The van der Waals surface area contributed by atoms with Crippen molar-refractivity contribution >= 4 is 69.1 Å². The predicted molar refractivity (Wildman–Crippen MR) is 123 cm³/mol. The van der Waals surface area contributed by atoms with Crippen LogP contribution in [0.3, 0.4) is 0 Å². The molecule has 1 aromatic heterocycles. The highest BCUT2D eigenvalue weighted by atomic mass is 35.5. The molecular formula is C20H18Cl3N3O3S. The number of aliphatic hydroxyl groups excluding tert-OH is 1. The Balaban J connectivity index is 1.93. The SMILES string of the molecule is C[C@H](O)Cn1c(S[C@H](C)C(=O)Nc2cccc(Cl)c2Cl)nc2cc(Cl)ccc2c1=O. The first kappa shape index (κ1) is 22.9. The van der Waals surface area contributed by atoms with Crippen LogP contribution in [0.4, 0.5) is 5.69 Å². The molecule has 0 bridgehead atoms. The van der Waals surface area contributed by atoms with Gasteiger partial charge in [-0.05, 0) is 44.2 Å². The van der Waals surface area contributed by atoms with Crippen molar-refractivity contribution in [2.24, 2.45) is 0 Å². The molecule has 2 aromatic carbocycles. The minimum Gasteiger partial charge on any atom is -0.392 e. The lowest BCUT2D eigenvalue weighted by molar-refractivity contribution is -0.115. The molecule has 2 N–H and O–H groups in total. The van der Waals surface area contributed by atoms with Crippen LogP contribution in [0.15, 0.2) is 46.3 Å². The molecule has 1 heterocycles. The Bertz CT molecular complexity index is 1170. The Hall–Kier alpha value is -1.77. The summed E-state index contributed by atoms with van der Waals surface area (Å²) in [6, 6.07) is 9.73. The van der Waals surface area contributed by atoms with Crippen LogP contribution >= 0.6 is 46.6 Å². The van der Waals surface area contributed by atoms with Crippen molar-refractivity contribution in [3.8, 4) is 0 Å². The molecule has 0 aliphatic carbocycles. The highest BCUT2D eigenvalue weighted by Crippen LogP contribution is 2.31. The number of amides is 1. The van der Waals surface area contributed by atoms with Crippen LogP contribution in [0.2, 0.25) is 15.1 Å². The van der Waals surface area contributed by atoms with Crippen LogP contribution < -0.4 is 10.9 Å². The maximum Gasteiger partial charge on any atom is 0.262 e. The standard InChI is InChI=1S/C20H18Cl3N3O3S/c1-10(27)9-26-19(29)13-7-6-12(21)8-16(13)25-20(26)30-11(2)18(28)24-15-5-3-4-14(22)17(15)23/h3-8,10-11,27H,9H2,1-2H3,(H,24,28)/t10-,11+/m0/s1. The number of halogens is 3. The summed E-state index contributed by atoms with van der Waals surface area (Å²) in [6.45, 7) is 3.30. The average Bonchev–Trinajstić information content (AvgIpc) is 2.68. The van der Waals surface area contributed by atoms with Crippen molar-refractivity contribution < 1.29 is 9.90 Å². The quantitative estimate of drug-likeness (QED) is 0.384. The van der Waals surface area contributed by atoms with Crippen LogP contribution in [0.25, 0.3) is 10.9 Å². The smallest absolute Gasteiger partial charge is 0.262 e. The van der Waals surface area contributed by atoms with E-state index in [4.69, 9.17) is 34.8 Å². The van der Waals surface area contributed by atoms with E-state index in [2.05, 4.69) is 10.3 Å². The monoisotopic (exact) mass is 485 g/mol.